The minimum absolute atomic E-state index is 0.153. The topological polar surface area (TPSA) is 55.8 Å². The molecule has 0 aliphatic carbocycles. The van der Waals surface area contributed by atoms with E-state index in [9.17, 15) is 8.42 Å². The summed E-state index contributed by atoms with van der Waals surface area (Å²) >= 11 is 0. The van der Waals surface area contributed by atoms with Gasteiger partial charge in [-0.05, 0) is 0 Å². The van der Waals surface area contributed by atoms with Crippen molar-refractivity contribution >= 4 is 10.0 Å². The van der Waals surface area contributed by atoms with Crippen molar-refractivity contribution in [2.24, 2.45) is 0 Å². The Morgan fingerprint density at radius 3 is 1.77 bits per heavy atom. The molecular weight excluding hydrogens is 194 g/mol. The molecule has 0 bridgehead atoms. The van der Waals surface area contributed by atoms with Crippen molar-refractivity contribution < 1.29 is 17.9 Å². The maximum Gasteiger partial charge on any atom is 0.211 e. The third-order valence-electron chi connectivity index (χ3n) is 2.26. The lowest BCUT2D eigenvalue weighted by atomic mass is 10.3. The van der Waals surface area contributed by atoms with E-state index in [0.717, 1.165) is 0 Å². The van der Waals surface area contributed by atoms with Crippen LogP contribution in [0.1, 0.15) is 0 Å². The second-order valence-corrected chi connectivity index (χ2v) is 5.11. The van der Waals surface area contributed by atoms with Gasteiger partial charge in [0.1, 0.15) is 0 Å². The highest BCUT2D eigenvalue weighted by Gasteiger charge is 2.37. The predicted octanol–water partition coefficient (Wildman–Crippen LogP) is -0.708. The Kier molecular flexibility index (Phi) is 3.28. The molecule has 78 valence electrons. The fraction of sp³-hybridized carbons (Fsp3) is 1.00. The molecule has 0 aromatic heterocycles. The van der Waals surface area contributed by atoms with E-state index in [-0.39, 0.29) is 12.2 Å². The number of sulfonamides is 1. The molecule has 1 aliphatic heterocycles. The first kappa shape index (κ1) is 10.9. The van der Waals surface area contributed by atoms with Gasteiger partial charge in [0.25, 0.3) is 0 Å². The summed E-state index contributed by atoms with van der Waals surface area (Å²) in [5.41, 5.74) is 0. The van der Waals surface area contributed by atoms with Gasteiger partial charge in [0.05, 0.1) is 18.5 Å². The highest BCUT2D eigenvalue weighted by atomic mass is 32.2. The fourth-order valence-electron chi connectivity index (χ4n) is 1.43. The van der Waals surface area contributed by atoms with Crippen LogP contribution in [-0.2, 0) is 19.5 Å². The van der Waals surface area contributed by atoms with Crippen LogP contribution in [0.25, 0.3) is 0 Å². The van der Waals surface area contributed by atoms with Crippen molar-refractivity contribution in [3.63, 3.8) is 0 Å². The van der Waals surface area contributed by atoms with Crippen LogP contribution in [0.3, 0.4) is 0 Å². The van der Waals surface area contributed by atoms with Crippen LogP contribution in [-0.4, -0.2) is 58.5 Å². The first-order valence-electron chi connectivity index (χ1n) is 3.99. The molecule has 2 atom stereocenters. The van der Waals surface area contributed by atoms with E-state index in [2.05, 4.69) is 0 Å². The molecule has 0 aromatic rings. The Hall–Kier alpha value is -0.170. The summed E-state index contributed by atoms with van der Waals surface area (Å²) in [4.78, 5) is 0. The average Bonchev–Trinajstić information content (AvgIpc) is 2.45. The van der Waals surface area contributed by atoms with Gasteiger partial charge >= 0.3 is 0 Å². The highest BCUT2D eigenvalue weighted by Crippen LogP contribution is 2.17. The van der Waals surface area contributed by atoms with E-state index in [0.29, 0.717) is 13.1 Å². The van der Waals surface area contributed by atoms with Crippen molar-refractivity contribution in [2.45, 2.75) is 12.2 Å². The quantitative estimate of drug-likeness (QED) is 0.616. The minimum Gasteiger partial charge on any atom is -0.377 e. The monoisotopic (exact) mass is 209 g/mol. The number of hydrogen-bond acceptors (Lipinski definition) is 4. The lowest BCUT2D eigenvalue weighted by Crippen LogP contribution is -2.28. The molecule has 0 spiro atoms. The van der Waals surface area contributed by atoms with Crippen LogP contribution >= 0.6 is 0 Å². The largest absolute Gasteiger partial charge is 0.377 e. The standard InChI is InChI=1S/C7H15NO4S/c1-11-6-4-8(13(3,9)10)5-7(6)12-2/h6-7H,4-5H2,1-3H3. The third kappa shape index (κ3) is 2.40. The van der Waals surface area contributed by atoms with Gasteiger partial charge < -0.3 is 9.47 Å². The second-order valence-electron chi connectivity index (χ2n) is 3.13. The lowest BCUT2D eigenvalue weighted by molar-refractivity contribution is -0.00461. The van der Waals surface area contributed by atoms with Crippen molar-refractivity contribution in [1.29, 1.82) is 0 Å². The average molecular weight is 209 g/mol. The molecule has 5 nitrogen and oxygen atoms in total. The molecule has 0 aromatic carbocycles. The zero-order chi connectivity index (χ0) is 10.1. The van der Waals surface area contributed by atoms with Gasteiger partial charge in [0, 0.05) is 27.3 Å². The second kappa shape index (κ2) is 3.91. The summed E-state index contributed by atoms with van der Waals surface area (Å²) in [6.07, 6.45) is 0.886. The number of methoxy groups -OCH3 is 2. The number of ether oxygens (including phenoxy) is 2. The SMILES string of the molecule is COC1CN(S(C)(=O)=O)CC1OC. The van der Waals surface area contributed by atoms with Crippen molar-refractivity contribution in [2.75, 3.05) is 33.6 Å². The molecule has 1 saturated heterocycles. The van der Waals surface area contributed by atoms with Gasteiger partial charge in [-0.2, -0.15) is 4.31 Å². The summed E-state index contributed by atoms with van der Waals surface area (Å²) in [7, 11) is 0.000772. The first-order valence-corrected chi connectivity index (χ1v) is 5.84. The molecule has 0 N–H and O–H groups in total. The lowest BCUT2D eigenvalue weighted by Gasteiger charge is -2.13. The maximum atomic E-state index is 11.2. The number of rotatable bonds is 3. The molecule has 1 rings (SSSR count). The van der Waals surface area contributed by atoms with Gasteiger partial charge in [-0.3, -0.25) is 0 Å². The summed E-state index contributed by atoms with van der Waals surface area (Å²) < 4.78 is 33.9. The Balaban J connectivity index is 2.69. The van der Waals surface area contributed by atoms with Gasteiger partial charge in [-0.15, -0.1) is 0 Å². The third-order valence-corrected chi connectivity index (χ3v) is 3.49. The molecule has 0 amide bonds. The highest BCUT2D eigenvalue weighted by molar-refractivity contribution is 7.88. The normalized spacial score (nSPS) is 31.0. The van der Waals surface area contributed by atoms with E-state index in [1.165, 1.54) is 10.6 Å². The van der Waals surface area contributed by atoms with E-state index >= 15 is 0 Å². The van der Waals surface area contributed by atoms with Gasteiger partial charge in [-0.25, -0.2) is 8.42 Å². The van der Waals surface area contributed by atoms with Crippen molar-refractivity contribution in [3.05, 3.63) is 0 Å². The fourth-order valence-corrected chi connectivity index (χ4v) is 2.27. The molecule has 1 fully saturated rings. The summed E-state index contributed by atoms with van der Waals surface area (Å²) in [6, 6.07) is 0. The molecule has 2 unspecified atom stereocenters. The molecule has 0 radical (unpaired) electrons. The molecule has 0 saturated carbocycles. The Morgan fingerprint density at radius 1 is 1.15 bits per heavy atom. The number of hydrogen-bond donors (Lipinski definition) is 0. The van der Waals surface area contributed by atoms with Crippen LogP contribution < -0.4 is 0 Å². The van der Waals surface area contributed by atoms with Crippen LogP contribution in [0, 0.1) is 0 Å². The summed E-state index contributed by atoms with van der Waals surface area (Å²) in [5.74, 6) is 0. The minimum atomic E-state index is -3.12. The van der Waals surface area contributed by atoms with Crippen LogP contribution in [0.5, 0.6) is 0 Å². The van der Waals surface area contributed by atoms with Crippen LogP contribution in [0.15, 0.2) is 0 Å². The van der Waals surface area contributed by atoms with Gasteiger partial charge in [0.15, 0.2) is 0 Å². The Labute approximate surface area is 78.7 Å². The van der Waals surface area contributed by atoms with Crippen molar-refractivity contribution in [3.8, 4) is 0 Å². The predicted molar refractivity (Wildman–Crippen MR) is 48.0 cm³/mol. The Bertz CT molecular complexity index is 252. The zero-order valence-corrected chi connectivity index (χ0v) is 8.87. The molecule has 1 aliphatic rings. The zero-order valence-electron chi connectivity index (χ0n) is 8.06. The molecule has 6 heteroatoms. The van der Waals surface area contributed by atoms with Gasteiger partial charge in [-0.1, -0.05) is 0 Å². The summed E-state index contributed by atoms with van der Waals surface area (Å²) in [6.45, 7) is 0.766. The van der Waals surface area contributed by atoms with E-state index in [4.69, 9.17) is 9.47 Å². The van der Waals surface area contributed by atoms with Crippen LogP contribution in [0.2, 0.25) is 0 Å². The van der Waals surface area contributed by atoms with Crippen molar-refractivity contribution in [1.82, 2.24) is 4.31 Å². The van der Waals surface area contributed by atoms with Gasteiger partial charge in [0.2, 0.25) is 10.0 Å². The molecule has 13 heavy (non-hydrogen) atoms. The Morgan fingerprint density at radius 2 is 1.54 bits per heavy atom. The molecular formula is C7H15NO4S. The van der Waals surface area contributed by atoms with E-state index < -0.39 is 10.0 Å². The van der Waals surface area contributed by atoms with E-state index in [1.807, 2.05) is 0 Å². The maximum absolute atomic E-state index is 11.2. The first-order chi connectivity index (χ1) is 5.99. The summed E-state index contributed by atoms with van der Waals surface area (Å²) in [5, 5.41) is 0. The van der Waals surface area contributed by atoms with Crippen LogP contribution in [0.4, 0.5) is 0 Å². The smallest absolute Gasteiger partial charge is 0.211 e. The number of nitrogens with zero attached hydrogens (tertiary/aromatic N) is 1. The molecule has 1 heterocycles. The van der Waals surface area contributed by atoms with E-state index in [1.54, 1.807) is 14.2 Å².